The van der Waals surface area contributed by atoms with Crippen molar-refractivity contribution in [2.45, 2.75) is 52.1 Å². The van der Waals surface area contributed by atoms with Crippen molar-refractivity contribution in [3.05, 3.63) is 36.0 Å². The number of aromatic nitrogens is 1. The second-order valence-electron chi connectivity index (χ2n) is 8.99. The number of rotatable bonds is 8. The lowest BCUT2D eigenvalue weighted by Gasteiger charge is -2.30. The maximum absolute atomic E-state index is 13.2. The van der Waals surface area contributed by atoms with Crippen LogP contribution in [0.3, 0.4) is 0 Å². The molecule has 3 rings (SSSR count). The van der Waals surface area contributed by atoms with Crippen molar-refractivity contribution in [2.75, 3.05) is 25.5 Å². The highest BCUT2D eigenvalue weighted by Gasteiger charge is 2.35. The van der Waals surface area contributed by atoms with Crippen LogP contribution < -0.4 is 16.4 Å². The molecule has 0 radical (unpaired) electrons. The van der Waals surface area contributed by atoms with Crippen LogP contribution in [0.15, 0.2) is 30.5 Å². The third kappa shape index (κ3) is 5.60. The molecule has 2 aromatic rings. The molecule has 1 aromatic carbocycles. The van der Waals surface area contributed by atoms with E-state index in [0.717, 1.165) is 23.9 Å². The van der Waals surface area contributed by atoms with Gasteiger partial charge in [-0.05, 0) is 68.0 Å². The van der Waals surface area contributed by atoms with Gasteiger partial charge in [0.1, 0.15) is 6.04 Å². The Morgan fingerprint density at radius 3 is 2.74 bits per heavy atom. The summed E-state index contributed by atoms with van der Waals surface area (Å²) in [5, 5.41) is 7.23. The molecule has 1 fully saturated rings. The summed E-state index contributed by atoms with van der Waals surface area (Å²) in [7, 11) is 1.72. The predicted octanol–water partition coefficient (Wildman–Crippen LogP) is 2.55. The van der Waals surface area contributed by atoms with Crippen molar-refractivity contribution in [2.24, 2.45) is 17.6 Å². The molecule has 31 heavy (non-hydrogen) atoms. The number of carbonyl (C=O) groups excluding carboxylic acids is 2. The Kier molecular flexibility index (Phi) is 7.62. The number of carbonyl (C=O) groups is 2. The molecule has 7 nitrogen and oxygen atoms in total. The minimum absolute atomic E-state index is 0.0547. The zero-order valence-corrected chi connectivity index (χ0v) is 19.0. The molecule has 0 aliphatic carbocycles. The number of nitrogens with zero attached hydrogens (tertiary/aromatic N) is 2. The maximum Gasteiger partial charge on any atom is 0.247 e. The number of fused-ring (bicyclic) bond motifs is 1. The van der Waals surface area contributed by atoms with Crippen molar-refractivity contribution in [3.63, 3.8) is 0 Å². The Labute approximate surface area is 184 Å². The van der Waals surface area contributed by atoms with Crippen LogP contribution in [-0.4, -0.2) is 53.9 Å². The lowest BCUT2D eigenvalue weighted by atomic mass is 10.00. The zero-order valence-electron chi connectivity index (χ0n) is 19.0. The van der Waals surface area contributed by atoms with Crippen molar-refractivity contribution in [3.8, 4) is 0 Å². The molecule has 0 saturated carbocycles. The summed E-state index contributed by atoms with van der Waals surface area (Å²) in [6, 6.07) is 7.27. The van der Waals surface area contributed by atoms with Gasteiger partial charge in [-0.1, -0.05) is 26.8 Å². The van der Waals surface area contributed by atoms with E-state index >= 15 is 0 Å². The van der Waals surface area contributed by atoms with Gasteiger partial charge >= 0.3 is 0 Å². The third-order valence-corrected chi connectivity index (χ3v) is 6.09. The largest absolute Gasteiger partial charge is 0.332 e. The van der Waals surface area contributed by atoms with Gasteiger partial charge in [0.25, 0.3) is 0 Å². The Hall–Kier alpha value is -2.51. The summed E-state index contributed by atoms with van der Waals surface area (Å²) in [5.74, 6) is 0.323. The lowest BCUT2D eigenvalue weighted by molar-refractivity contribution is -0.139. The van der Waals surface area contributed by atoms with E-state index in [-0.39, 0.29) is 23.8 Å². The van der Waals surface area contributed by atoms with E-state index in [1.54, 1.807) is 18.1 Å². The average molecular weight is 426 g/mol. The summed E-state index contributed by atoms with van der Waals surface area (Å²) < 4.78 is 0. The summed E-state index contributed by atoms with van der Waals surface area (Å²) in [6.45, 7) is 7.52. The van der Waals surface area contributed by atoms with Gasteiger partial charge in [-0.15, -0.1) is 0 Å². The molecule has 168 valence electrons. The number of aryl methyl sites for hydroxylation is 1. The minimum atomic E-state index is -0.552. The molecule has 2 amide bonds. The molecule has 7 heteroatoms. The molecular formula is C24H35N5O2. The monoisotopic (exact) mass is 425 g/mol. The van der Waals surface area contributed by atoms with Crippen LogP contribution >= 0.6 is 0 Å². The van der Waals surface area contributed by atoms with E-state index in [1.165, 1.54) is 5.56 Å². The van der Waals surface area contributed by atoms with Crippen LogP contribution in [0.1, 0.15) is 39.2 Å². The van der Waals surface area contributed by atoms with Gasteiger partial charge < -0.3 is 21.3 Å². The van der Waals surface area contributed by atoms with Crippen LogP contribution in [0.25, 0.3) is 10.9 Å². The molecule has 1 unspecified atom stereocenters. The number of hydrogen-bond donors (Lipinski definition) is 3. The van der Waals surface area contributed by atoms with Gasteiger partial charge in [0.2, 0.25) is 11.8 Å². The molecule has 2 heterocycles. The van der Waals surface area contributed by atoms with E-state index in [0.29, 0.717) is 31.0 Å². The molecule has 4 N–H and O–H groups in total. The van der Waals surface area contributed by atoms with Gasteiger partial charge in [0.15, 0.2) is 0 Å². The van der Waals surface area contributed by atoms with Gasteiger partial charge in [0.05, 0.1) is 23.4 Å². The zero-order chi connectivity index (χ0) is 22.5. The number of nitrogens with one attached hydrogen (secondary N) is 2. The van der Waals surface area contributed by atoms with Crippen LogP contribution in [0.2, 0.25) is 0 Å². The topological polar surface area (TPSA) is 100 Å². The van der Waals surface area contributed by atoms with Gasteiger partial charge in [-0.3, -0.25) is 14.6 Å². The highest BCUT2D eigenvalue weighted by Crippen LogP contribution is 2.21. The number of hydrogen-bond acceptors (Lipinski definition) is 5. The highest BCUT2D eigenvalue weighted by molar-refractivity contribution is 5.99. The molecule has 1 saturated heterocycles. The SMILES string of the molecule is CCc1ccc2ncc(NC(=O)C(CC(C)C)N(C)C(=O)[C@H]3C[C@H](CN)CN3)cc2c1. The van der Waals surface area contributed by atoms with Gasteiger partial charge in [-0.25, -0.2) is 0 Å². The fourth-order valence-corrected chi connectivity index (χ4v) is 4.16. The fraction of sp³-hybridized carbons (Fsp3) is 0.542. The summed E-state index contributed by atoms with van der Waals surface area (Å²) in [5.41, 5.74) is 8.51. The molecule has 0 spiro atoms. The molecule has 0 bridgehead atoms. The van der Waals surface area contributed by atoms with Crippen LogP contribution in [0.4, 0.5) is 5.69 Å². The first kappa shape index (κ1) is 23.2. The van der Waals surface area contributed by atoms with Crippen molar-refractivity contribution < 1.29 is 9.59 Å². The van der Waals surface area contributed by atoms with Crippen molar-refractivity contribution >= 4 is 28.4 Å². The number of likely N-dealkylation sites (N-methyl/N-ethyl adjacent to an activating group) is 1. The minimum Gasteiger partial charge on any atom is -0.332 e. The summed E-state index contributed by atoms with van der Waals surface area (Å²) >= 11 is 0. The Morgan fingerprint density at radius 1 is 1.32 bits per heavy atom. The first-order valence-electron chi connectivity index (χ1n) is 11.2. The number of amides is 2. The van der Waals surface area contributed by atoms with Gasteiger partial charge in [-0.2, -0.15) is 0 Å². The Balaban J connectivity index is 1.76. The number of anilines is 1. The molecule has 1 aliphatic heterocycles. The highest BCUT2D eigenvalue weighted by atomic mass is 16.2. The molecular weight excluding hydrogens is 390 g/mol. The second kappa shape index (κ2) is 10.2. The number of pyridine rings is 1. The van der Waals surface area contributed by atoms with Crippen molar-refractivity contribution in [1.82, 2.24) is 15.2 Å². The average Bonchev–Trinajstić information content (AvgIpc) is 3.25. The Bertz CT molecular complexity index is 929. The van der Waals surface area contributed by atoms with E-state index in [9.17, 15) is 9.59 Å². The van der Waals surface area contributed by atoms with E-state index in [1.807, 2.05) is 12.1 Å². The fourth-order valence-electron chi connectivity index (χ4n) is 4.16. The van der Waals surface area contributed by atoms with E-state index in [2.05, 4.69) is 48.5 Å². The third-order valence-electron chi connectivity index (χ3n) is 6.09. The first-order chi connectivity index (χ1) is 14.8. The lowest BCUT2D eigenvalue weighted by Crippen LogP contribution is -2.51. The first-order valence-corrected chi connectivity index (χ1v) is 11.2. The van der Waals surface area contributed by atoms with E-state index in [4.69, 9.17) is 5.73 Å². The normalized spacial score (nSPS) is 19.5. The number of benzene rings is 1. The number of nitrogens with two attached hydrogens (primary N) is 1. The van der Waals surface area contributed by atoms with Crippen molar-refractivity contribution in [1.29, 1.82) is 0 Å². The van der Waals surface area contributed by atoms with Crippen LogP contribution in [0.5, 0.6) is 0 Å². The van der Waals surface area contributed by atoms with Crippen LogP contribution in [0, 0.1) is 11.8 Å². The molecule has 1 aromatic heterocycles. The smallest absolute Gasteiger partial charge is 0.247 e. The summed E-state index contributed by atoms with van der Waals surface area (Å²) in [6.07, 6.45) is 3.91. The standard InChI is InChI=1S/C24H35N5O2/c1-5-16-6-7-20-18(9-16)11-19(14-27-20)28-23(30)22(8-15(2)3)29(4)24(31)21-10-17(12-25)13-26-21/h6-7,9,11,14-15,17,21-22,26H,5,8,10,12-13,25H2,1-4H3,(H,28,30)/t17-,21-,22?/m1/s1. The van der Waals surface area contributed by atoms with Gasteiger partial charge in [0, 0.05) is 12.4 Å². The molecule has 1 aliphatic rings. The Morgan fingerprint density at radius 2 is 2.10 bits per heavy atom. The second-order valence-corrected chi connectivity index (χ2v) is 8.99. The molecule has 3 atom stereocenters. The quantitative estimate of drug-likeness (QED) is 0.603. The predicted molar refractivity (Wildman–Crippen MR) is 125 cm³/mol. The van der Waals surface area contributed by atoms with Crippen LogP contribution in [-0.2, 0) is 16.0 Å². The van der Waals surface area contributed by atoms with E-state index < -0.39 is 6.04 Å². The summed E-state index contributed by atoms with van der Waals surface area (Å²) in [4.78, 5) is 32.3. The maximum atomic E-state index is 13.2.